The molecule has 0 atom stereocenters. The Hall–Kier alpha value is -1.17. The summed E-state index contributed by atoms with van der Waals surface area (Å²) in [6.07, 6.45) is 1.08. The summed E-state index contributed by atoms with van der Waals surface area (Å²) in [6, 6.07) is 6.35. The van der Waals surface area contributed by atoms with Crippen LogP contribution in [0.15, 0.2) is 23.6 Å². The van der Waals surface area contributed by atoms with Crippen LogP contribution in [0.2, 0.25) is 5.28 Å². The standard InChI is InChI=1S/C13H12ClN3S2/c1-2-8-3-4-9(19-8)7-15-11-10-5-6-18-12(10)17-13(14)16-11/h3-6H,2,7H2,1H3,(H,15,16,17). The Morgan fingerprint density at radius 1 is 1.21 bits per heavy atom. The van der Waals surface area contributed by atoms with Gasteiger partial charge in [0.05, 0.1) is 11.9 Å². The molecule has 0 aliphatic carbocycles. The van der Waals surface area contributed by atoms with Crippen molar-refractivity contribution in [3.63, 3.8) is 0 Å². The maximum atomic E-state index is 5.94. The highest BCUT2D eigenvalue weighted by atomic mass is 35.5. The Labute approximate surface area is 124 Å². The second kappa shape index (κ2) is 5.45. The number of rotatable bonds is 4. The molecule has 3 heterocycles. The second-order valence-electron chi connectivity index (χ2n) is 4.06. The lowest BCUT2D eigenvalue weighted by Crippen LogP contribution is -2.01. The molecule has 0 amide bonds. The third kappa shape index (κ3) is 2.73. The normalized spacial score (nSPS) is 11.1. The van der Waals surface area contributed by atoms with Crippen molar-refractivity contribution in [3.8, 4) is 0 Å². The molecule has 0 bridgehead atoms. The molecule has 0 fully saturated rings. The van der Waals surface area contributed by atoms with E-state index in [1.165, 1.54) is 9.75 Å². The molecule has 0 saturated heterocycles. The molecule has 0 unspecified atom stereocenters. The van der Waals surface area contributed by atoms with Gasteiger partial charge in [-0.15, -0.1) is 22.7 Å². The molecule has 0 aliphatic rings. The summed E-state index contributed by atoms with van der Waals surface area (Å²) in [5.74, 6) is 0.808. The fourth-order valence-corrected chi connectivity index (χ4v) is 3.72. The molecule has 19 heavy (non-hydrogen) atoms. The zero-order valence-corrected chi connectivity index (χ0v) is 12.7. The predicted molar refractivity (Wildman–Crippen MR) is 83.4 cm³/mol. The monoisotopic (exact) mass is 309 g/mol. The van der Waals surface area contributed by atoms with Crippen molar-refractivity contribution in [1.82, 2.24) is 9.97 Å². The molecule has 1 N–H and O–H groups in total. The Kier molecular flexibility index (Phi) is 3.68. The molecule has 0 aliphatic heterocycles. The third-order valence-corrected chi connectivity index (χ3v) is 5.00. The number of aromatic nitrogens is 2. The molecule has 98 valence electrons. The van der Waals surface area contributed by atoms with E-state index in [0.29, 0.717) is 0 Å². The van der Waals surface area contributed by atoms with Gasteiger partial charge in [-0.2, -0.15) is 0 Å². The van der Waals surface area contributed by atoms with E-state index in [2.05, 4.69) is 34.3 Å². The highest BCUT2D eigenvalue weighted by Gasteiger charge is 2.08. The number of aryl methyl sites for hydroxylation is 1. The lowest BCUT2D eigenvalue weighted by molar-refractivity contribution is 1.13. The molecule has 0 saturated carbocycles. The average Bonchev–Trinajstić information content (AvgIpc) is 3.03. The minimum atomic E-state index is 0.290. The molecule has 0 spiro atoms. The van der Waals surface area contributed by atoms with Crippen LogP contribution in [0.3, 0.4) is 0 Å². The van der Waals surface area contributed by atoms with Gasteiger partial charge in [-0.25, -0.2) is 9.97 Å². The van der Waals surface area contributed by atoms with Crippen molar-refractivity contribution >= 4 is 50.3 Å². The quantitative estimate of drug-likeness (QED) is 0.717. The molecule has 6 heteroatoms. The van der Waals surface area contributed by atoms with E-state index in [4.69, 9.17) is 11.6 Å². The largest absolute Gasteiger partial charge is 0.364 e. The number of hydrogen-bond acceptors (Lipinski definition) is 5. The van der Waals surface area contributed by atoms with Crippen LogP contribution in [-0.2, 0) is 13.0 Å². The molecule has 3 aromatic rings. The lowest BCUT2D eigenvalue weighted by atomic mass is 10.3. The number of anilines is 1. The lowest BCUT2D eigenvalue weighted by Gasteiger charge is -2.05. The topological polar surface area (TPSA) is 37.8 Å². The Balaban J connectivity index is 1.83. The van der Waals surface area contributed by atoms with E-state index in [1.807, 2.05) is 22.8 Å². The SMILES string of the molecule is CCc1ccc(CNc2nc(Cl)nc3sccc23)s1. The van der Waals surface area contributed by atoms with E-state index in [1.54, 1.807) is 11.3 Å². The van der Waals surface area contributed by atoms with Gasteiger partial charge in [0.2, 0.25) is 5.28 Å². The van der Waals surface area contributed by atoms with E-state index >= 15 is 0 Å². The summed E-state index contributed by atoms with van der Waals surface area (Å²) >= 11 is 9.34. The molecule has 0 radical (unpaired) electrons. The second-order valence-corrected chi connectivity index (χ2v) is 6.54. The van der Waals surface area contributed by atoms with Gasteiger partial charge in [0.25, 0.3) is 0 Å². The zero-order valence-electron chi connectivity index (χ0n) is 10.3. The van der Waals surface area contributed by atoms with E-state index in [9.17, 15) is 0 Å². The van der Waals surface area contributed by atoms with Gasteiger partial charge in [-0.05, 0) is 41.6 Å². The third-order valence-electron chi connectivity index (χ3n) is 2.79. The summed E-state index contributed by atoms with van der Waals surface area (Å²) < 4.78 is 0. The van der Waals surface area contributed by atoms with Crippen LogP contribution in [0.1, 0.15) is 16.7 Å². The molecular formula is C13H12ClN3S2. The van der Waals surface area contributed by atoms with Crippen molar-refractivity contribution in [3.05, 3.63) is 38.6 Å². The van der Waals surface area contributed by atoms with Crippen LogP contribution in [-0.4, -0.2) is 9.97 Å². The van der Waals surface area contributed by atoms with Gasteiger partial charge < -0.3 is 5.32 Å². The maximum absolute atomic E-state index is 5.94. The molecule has 3 nitrogen and oxygen atoms in total. The summed E-state index contributed by atoms with van der Waals surface area (Å²) in [7, 11) is 0. The van der Waals surface area contributed by atoms with Crippen molar-refractivity contribution in [1.29, 1.82) is 0 Å². The van der Waals surface area contributed by atoms with Gasteiger partial charge in [0.15, 0.2) is 0 Å². The number of thiophene rings is 2. The van der Waals surface area contributed by atoms with Crippen molar-refractivity contribution in [2.75, 3.05) is 5.32 Å². The highest BCUT2D eigenvalue weighted by molar-refractivity contribution is 7.16. The zero-order chi connectivity index (χ0) is 13.2. The minimum Gasteiger partial charge on any atom is -0.364 e. The molecule has 3 aromatic heterocycles. The smallest absolute Gasteiger partial charge is 0.225 e. The van der Waals surface area contributed by atoms with Gasteiger partial charge >= 0.3 is 0 Å². The fourth-order valence-electron chi connectivity index (χ4n) is 1.84. The average molecular weight is 310 g/mol. The van der Waals surface area contributed by atoms with Gasteiger partial charge in [-0.3, -0.25) is 0 Å². The Morgan fingerprint density at radius 2 is 2.05 bits per heavy atom. The number of halogens is 1. The first kappa shape index (κ1) is 12.8. The first-order chi connectivity index (χ1) is 9.26. The molecule has 3 rings (SSSR count). The van der Waals surface area contributed by atoms with Crippen molar-refractivity contribution < 1.29 is 0 Å². The van der Waals surface area contributed by atoms with Gasteiger partial charge in [0.1, 0.15) is 10.6 Å². The number of hydrogen-bond donors (Lipinski definition) is 1. The Morgan fingerprint density at radius 3 is 2.84 bits per heavy atom. The van der Waals surface area contributed by atoms with Crippen LogP contribution in [0.25, 0.3) is 10.2 Å². The van der Waals surface area contributed by atoms with Crippen molar-refractivity contribution in [2.45, 2.75) is 19.9 Å². The van der Waals surface area contributed by atoms with Crippen LogP contribution in [0, 0.1) is 0 Å². The number of nitrogens with zero attached hydrogens (tertiary/aromatic N) is 2. The summed E-state index contributed by atoms with van der Waals surface area (Å²) in [5, 5.41) is 6.67. The van der Waals surface area contributed by atoms with E-state index in [-0.39, 0.29) is 5.28 Å². The molecule has 0 aromatic carbocycles. The van der Waals surface area contributed by atoms with Crippen LogP contribution in [0.4, 0.5) is 5.82 Å². The van der Waals surface area contributed by atoms with Crippen LogP contribution < -0.4 is 5.32 Å². The van der Waals surface area contributed by atoms with E-state index < -0.39 is 0 Å². The van der Waals surface area contributed by atoms with Gasteiger partial charge in [-0.1, -0.05) is 6.92 Å². The fraction of sp³-hybridized carbons (Fsp3) is 0.231. The summed E-state index contributed by atoms with van der Waals surface area (Å²) in [4.78, 5) is 12.1. The van der Waals surface area contributed by atoms with Crippen LogP contribution in [0.5, 0.6) is 0 Å². The number of nitrogens with one attached hydrogen (secondary N) is 1. The Bertz CT molecular complexity index is 705. The van der Waals surface area contributed by atoms with Crippen LogP contribution >= 0.6 is 34.3 Å². The maximum Gasteiger partial charge on any atom is 0.225 e. The van der Waals surface area contributed by atoms with Crippen molar-refractivity contribution in [2.24, 2.45) is 0 Å². The summed E-state index contributed by atoms with van der Waals surface area (Å²) in [6.45, 7) is 2.94. The predicted octanol–water partition coefficient (Wildman–Crippen LogP) is 4.58. The van der Waals surface area contributed by atoms with Gasteiger partial charge in [0, 0.05) is 9.75 Å². The highest BCUT2D eigenvalue weighted by Crippen LogP contribution is 2.27. The first-order valence-corrected chi connectivity index (χ1v) is 8.06. The number of fused-ring (bicyclic) bond motifs is 1. The minimum absolute atomic E-state index is 0.290. The molecular weight excluding hydrogens is 298 g/mol. The summed E-state index contributed by atoms with van der Waals surface area (Å²) in [5.41, 5.74) is 0. The van der Waals surface area contributed by atoms with E-state index in [0.717, 1.165) is 29.0 Å². The first-order valence-electron chi connectivity index (χ1n) is 5.98.